The normalized spacial score (nSPS) is 9.94. The molecule has 0 bridgehead atoms. The minimum Gasteiger partial charge on any atom is -0.245 e. The van der Waals surface area contributed by atoms with Gasteiger partial charge < -0.3 is 0 Å². The summed E-state index contributed by atoms with van der Waals surface area (Å²) in [6.45, 7) is 4.13. The number of rotatable bonds is 2. The lowest BCUT2D eigenvalue weighted by Crippen LogP contribution is -1.88. The van der Waals surface area contributed by atoms with Crippen molar-refractivity contribution in [3.63, 3.8) is 0 Å². The molecule has 0 aliphatic heterocycles. The molecular weight excluding hydrogens is 230 g/mol. The average molecular weight is 241 g/mol. The van der Waals surface area contributed by atoms with E-state index in [4.69, 9.17) is 5.26 Å². The molecule has 4 heteroatoms. The average Bonchev–Trinajstić information content (AvgIpc) is 2.35. The summed E-state index contributed by atoms with van der Waals surface area (Å²) in [4.78, 5) is 9.36. The minimum absolute atomic E-state index is 0.343. The quantitative estimate of drug-likeness (QED) is 0.810. The molecule has 1 aromatic heterocycles. The Morgan fingerprint density at radius 3 is 2.65 bits per heavy atom. The molecular formula is C13H11N3S. The van der Waals surface area contributed by atoms with E-state index in [0.29, 0.717) is 5.69 Å². The van der Waals surface area contributed by atoms with Gasteiger partial charge in [0.2, 0.25) is 0 Å². The maximum Gasteiger partial charge on any atom is 0.158 e. The number of hydrogen-bond donors (Lipinski definition) is 0. The predicted molar refractivity (Wildman–Crippen MR) is 66.8 cm³/mol. The van der Waals surface area contributed by atoms with E-state index in [0.717, 1.165) is 5.03 Å². The molecule has 17 heavy (non-hydrogen) atoms. The zero-order chi connectivity index (χ0) is 12.3. The van der Waals surface area contributed by atoms with E-state index in [1.54, 1.807) is 18.0 Å². The van der Waals surface area contributed by atoms with Gasteiger partial charge in [-0.15, -0.1) is 0 Å². The van der Waals surface area contributed by atoms with Crippen molar-refractivity contribution < 1.29 is 0 Å². The first kappa shape index (κ1) is 11.6. The first-order chi connectivity index (χ1) is 8.19. The fraction of sp³-hybridized carbons (Fsp3) is 0.154. The van der Waals surface area contributed by atoms with Crippen LogP contribution < -0.4 is 0 Å². The van der Waals surface area contributed by atoms with Crippen molar-refractivity contribution in [3.05, 3.63) is 47.4 Å². The summed E-state index contributed by atoms with van der Waals surface area (Å²) in [6, 6.07) is 8.26. The third-order valence-corrected chi connectivity index (χ3v) is 3.38. The molecule has 0 fully saturated rings. The van der Waals surface area contributed by atoms with Gasteiger partial charge in [0, 0.05) is 4.90 Å². The van der Waals surface area contributed by atoms with Crippen LogP contribution in [0.4, 0.5) is 0 Å². The molecule has 2 aromatic rings. The lowest BCUT2D eigenvalue weighted by molar-refractivity contribution is 1.03. The maximum absolute atomic E-state index is 8.64. The molecule has 0 saturated carbocycles. The number of benzene rings is 1. The lowest BCUT2D eigenvalue weighted by Gasteiger charge is -2.05. The Hall–Kier alpha value is -1.86. The molecule has 0 radical (unpaired) electrons. The Labute approximate surface area is 105 Å². The van der Waals surface area contributed by atoms with Gasteiger partial charge in [0.25, 0.3) is 0 Å². The summed E-state index contributed by atoms with van der Waals surface area (Å²) in [5.41, 5.74) is 2.78. The molecule has 1 heterocycles. The number of nitriles is 1. The van der Waals surface area contributed by atoms with Gasteiger partial charge in [-0.25, -0.2) is 9.97 Å². The van der Waals surface area contributed by atoms with Gasteiger partial charge in [0.1, 0.15) is 11.1 Å². The van der Waals surface area contributed by atoms with Gasteiger partial charge in [-0.1, -0.05) is 23.9 Å². The van der Waals surface area contributed by atoms with Crippen LogP contribution in [0.15, 0.2) is 40.5 Å². The zero-order valence-electron chi connectivity index (χ0n) is 9.64. The number of aryl methyl sites for hydroxylation is 2. The SMILES string of the molecule is Cc1ccc(C)c(Sc2cnc(C#N)cn2)c1. The van der Waals surface area contributed by atoms with Crippen LogP contribution in [-0.4, -0.2) is 9.97 Å². The molecule has 0 saturated heterocycles. The van der Waals surface area contributed by atoms with Crippen molar-refractivity contribution in [3.8, 4) is 6.07 Å². The Morgan fingerprint density at radius 1 is 1.18 bits per heavy atom. The van der Waals surface area contributed by atoms with Crippen LogP contribution in [-0.2, 0) is 0 Å². The van der Waals surface area contributed by atoms with E-state index in [-0.39, 0.29) is 0 Å². The van der Waals surface area contributed by atoms with Crippen molar-refractivity contribution in [1.29, 1.82) is 5.26 Å². The second-order valence-corrected chi connectivity index (χ2v) is 4.78. The fourth-order valence-electron chi connectivity index (χ4n) is 1.36. The number of aromatic nitrogens is 2. The van der Waals surface area contributed by atoms with Gasteiger partial charge in [-0.3, -0.25) is 0 Å². The van der Waals surface area contributed by atoms with E-state index in [9.17, 15) is 0 Å². The third kappa shape index (κ3) is 2.83. The highest BCUT2D eigenvalue weighted by molar-refractivity contribution is 7.99. The van der Waals surface area contributed by atoms with Crippen LogP contribution in [0.5, 0.6) is 0 Å². The van der Waals surface area contributed by atoms with Crippen molar-refractivity contribution in [2.24, 2.45) is 0 Å². The molecule has 0 amide bonds. The molecule has 0 aliphatic rings. The minimum atomic E-state index is 0.343. The third-order valence-electron chi connectivity index (χ3n) is 2.30. The number of nitrogens with zero attached hydrogens (tertiary/aromatic N) is 3. The van der Waals surface area contributed by atoms with Crippen LogP contribution in [0, 0.1) is 25.2 Å². The van der Waals surface area contributed by atoms with Crippen LogP contribution in [0.2, 0.25) is 0 Å². The van der Waals surface area contributed by atoms with Crippen molar-refractivity contribution in [1.82, 2.24) is 9.97 Å². The fourth-order valence-corrected chi connectivity index (χ4v) is 2.27. The monoisotopic (exact) mass is 241 g/mol. The topological polar surface area (TPSA) is 49.6 Å². The van der Waals surface area contributed by atoms with Crippen LogP contribution in [0.3, 0.4) is 0 Å². The summed E-state index contributed by atoms with van der Waals surface area (Å²) in [7, 11) is 0. The van der Waals surface area contributed by atoms with Crippen LogP contribution in [0.1, 0.15) is 16.8 Å². The highest BCUT2D eigenvalue weighted by atomic mass is 32.2. The number of hydrogen-bond acceptors (Lipinski definition) is 4. The highest BCUT2D eigenvalue weighted by Gasteiger charge is 2.03. The second-order valence-electron chi connectivity index (χ2n) is 3.72. The Kier molecular flexibility index (Phi) is 3.40. The molecule has 0 aliphatic carbocycles. The van der Waals surface area contributed by atoms with E-state index in [1.807, 2.05) is 6.07 Å². The molecule has 0 N–H and O–H groups in total. The molecule has 0 atom stereocenters. The van der Waals surface area contributed by atoms with E-state index >= 15 is 0 Å². The van der Waals surface area contributed by atoms with E-state index < -0.39 is 0 Å². The summed E-state index contributed by atoms with van der Waals surface area (Å²) < 4.78 is 0. The lowest BCUT2D eigenvalue weighted by atomic mass is 10.2. The van der Waals surface area contributed by atoms with E-state index in [1.165, 1.54) is 22.2 Å². The standard InChI is InChI=1S/C13H11N3S/c1-9-3-4-10(2)12(5-9)17-13-8-15-11(6-14)7-16-13/h3-5,7-8H,1-2H3. The van der Waals surface area contributed by atoms with Crippen LogP contribution >= 0.6 is 11.8 Å². The molecule has 1 aromatic carbocycles. The molecule has 3 nitrogen and oxygen atoms in total. The highest BCUT2D eigenvalue weighted by Crippen LogP contribution is 2.28. The van der Waals surface area contributed by atoms with Gasteiger partial charge in [-0.05, 0) is 31.0 Å². The summed E-state index contributed by atoms with van der Waals surface area (Å²) in [6.07, 6.45) is 3.12. The largest absolute Gasteiger partial charge is 0.245 e. The zero-order valence-corrected chi connectivity index (χ0v) is 10.5. The Balaban J connectivity index is 2.25. The first-order valence-corrected chi connectivity index (χ1v) is 5.98. The van der Waals surface area contributed by atoms with Gasteiger partial charge in [0.05, 0.1) is 12.4 Å². The smallest absolute Gasteiger partial charge is 0.158 e. The van der Waals surface area contributed by atoms with Crippen molar-refractivity contribution >= 4 is 11.8 Å². The van der Waals surface area contributed by atoms with Gasteiger partial charge in [-0.2, -0.15) is 5.26 Å². The summed E-state index contributed by atoms with van der Waals surface area (Å²) in [5, 5.41) is 9.44. The Bertz CT molecular complexity index is 570. The van der Waals surface area contributed by atoms with E-state index in [2.05, 4.69) is 42.0 Å². The molecule has 0 unspecified atom stereocenters. The maximum atomic E-state index is 8.64. The van der Waals surface area contributed by atoms with Crippen molar-refractivity contribution in [2.75, 3.05) is 0 Å². The van der Waals surface area contributed by atoms with Gasteiger partial charge in [0.15, 0.2) is 5.69 Å². The Morgan fingerprint density at radius 2 is 2.00 bits per heavy atom. The predicted octanol–water partition coefficient (Wildman–Crippen LogP) is 3.12. The van der Waals surface area contributed by atoms with Crippen LogP contribution in [0.25, 0.3) is 0 Å². The summed E-state index contributed by atoms with van der Waals surface area (Å²) in [5.74, 6) is 0. The second kappa shape index (κ2) is 4.98. The molecule has 2 rings (SSSR count). The van der Waals surface area contributed by atoms with Gasteiger partial charge >= 0.3 is 0 Å². The van der Waals surface area contributed by atoms with Crippen molar-refractivity contribution in [2.45, 2.75) is 23.8 Å². The molecule has 0 spiro atoms. The molecule has 84 valence electrons. The first-order valence-electron chi connectivity index (χ1n) is 5.16. The summed E-state index contributed by atoms with van der Waals surface area (Å²) >= 11 is 1.56.